The second-order valence-corrected chi connectivity index (χ2v) is 6.28. The van der Waals surface area contributed by atoms with E-state index in [1.54, 1.807) is 0 Å². The Morgan fingerprint density at radius 2 is 1.78 bits per heavy atom. The summed E-state index contributed by atoms with van der Waals surface area (Å²) < 4.78 is 0. The highest BCUT2D eigenvalue weighted by atomic mass is 15.2. The van der Waals surface area contributed by atoms with Crippen LogP contribution in [0.25, 0.3) is 0 Å². The topological polar surface area (TPSA) is 39.1 Å². The van der Waals surface area contributed by atoms with Crippen LogP contribution in [0.2, 0.25) is 0 Å². The van der Waals surface area contributed by atoms with Gasteiger partial charge in [0, 0.05) is 18.6 Å². The second kappa shape index (κ2) is 7.76. The van der Waals surface area contributed by atoms with Crippen molar-refractivity contribution < 1.29 is 0 Å². The Hall–Kier alpha value is -0.590. The zero-order valence-corrected chi connectivity index (χ0v) is 13.2. The Kier molecular flexibility index (Phi) is 7.51. The second-order valence-electron chi connectivity index (χ2n) is 6.28. The minimum Gasteiger partial charge on any atom is -0.301 e. The highest BCUT2D eigenvalue weighted by Gasteiger charge is 2.29. The van der Waals surface area contributed by atoms with E-state index < -0.39 is 5.54 Å². The van der Waals surface area contributed by atoms with Gasteiger partial charge in [-0.3, -0.25) is 5.32 Å². The average molecular weight is 253 g/mol. The molecule has 0 aromatic heterocycles. The lowest BCUT2D eigenvalue weighted by Crippen LogP contribution is -2.50. The lowest BCUT2D eigenvalue weighted by atomic mass is 9.93. The molecular formula is C15H31N3. The third kappa shape index (κ3) is 6.37. The zero-order valence-electron chi connectivity index (χ0n) is 13.2. The van der Waals surface area contributed by atoms with Crippen LogP contribution >= 0.6 is 0 Å². The maximum absolute atomic E-state index is 9.39. The highest BCUT2D eigenvalue weighted by Crippen LogP contribution is 2.17. The molecule has 0 amide bonds. The molecule has 3 heteroatoms. The van der Waals surface area contributed by atoms with Crippen molar-refractivity contribution in [3.05, 3.63) is 0 Å². The fourth-order valence-electron chi connectivity index (χ4n) is 2.58. The summed E-state index contributed by atoms with van der Waals surface area (Å²) in [5.41, 5.74) is -0.433. The van der Waals surface area contributed by atoms with Gasteiger partial charge in [0.05, 0.1) is 6.07 Å². The van der Waals surface area contributed by atoms with Crippen molar-refractivity contribution in [1.29, 1.82) is 5.26 Å². The molecule has 0 bridgehead atoms. The van der Waals surface area contributed by atoms with Crippen molar-refractivity contribution in [2.75, 3.05) is 13.1 Å². The Labute approximate surface area is 114 Å². The van der Waals surface area contributed by atoms with E-state index in [4.69, 9.17) is 0 Å². The summed E-state index contributed by atoms with van der Waals surface area (Å²) in [5, 5.41) is 12.8. The number of hydrogen-bond acceptors (Lipinski definition) is 3. The molecule has 0 radical (unpaired) electrons. The van der Waals surface area contributed by atoms with Gasteiger partial charge in [0.1, 0.15) is 5.54 Å². The van der Waals surface area contributed by atoms with Crippen LogP contribution in [-0.2, 0) is 0 Å². The minimum absolute atomic E-state index is 0.335. The van der Waals surface area contributed by atoms with Crippen LogP contribution in [0.1, 0.15) is 54.9 Å². The quantitative estimate of drug-likeness (QED) is 0.722. The standard InChI is InChI=1S/C15H31N3/c1-8-18(10-12(2)3)14(6)9-15(7,11-16)17-13(4)5/h12-14,17H,8-10H2,1-7H3. The predicted molar refractivity (Wildman–Crippen MR) is 78.5 cm³/mol. The van der Waals surface area contributed by atoms with E-state index in [1.807, 2.05) is 6.92 Å². The Morgan fingerprint density at radius 3 is 2.11 bits per heavy atom. The summed E-state index contributed by atoms with van der Waals surface area (Å²) in [7, 11) is 0. The molecular weight excluding hydrogens is 222 g/mol. The third-order valence-corrected chi connectivity index (χ3v) is 3.19. The number of nitriles is 1. The molecule has 0 fully saturated rings. The molecule has 2 unspecified atom stereocenters. The van der Waals surface area contributed by atoms with Crippen LogP contribution in [0, 0.1) is 17.2 Å². The van der Waals surface area contributed by atoms with Gasteiger partial charge >= 0.3 is 0 Å². The van der Waals surface area contributed by atoms with Crippen molar-refractivity contribution in [2.45, 2.75) is 72.5 Å². The summed E-state index contributed by atoms with van der Waals surface area (Å²) in [6.07, 6.45) is 0.863. The molecule has 18 heavy (non-hydrogen) atoms. The van der Waals surface area contributed by atoms with E-state index in [2.05, 4.69) is 57.8 Å². The van der Waals surface area contributed by atoms with Crippen LogP contribution in [0.5, 0.6) is 0 Å². The van der Waals surface area contributed by atoms with Crippen molar-refractivity contribution in [3.63, 3.8) is 0 Å². The summed E-state index contributed by atoms with van der Waals surface area (Å²) in [4.78, 5) is 2.46. The number of hydrogen-bond donors (Lipinski definition) is 1. The molecule has 0 aliphatic rings. The van der Waals surface area contributed by atoms with Gasteiger partial charge in [-0.2, -0.15) is 5.26 Å². The van der Waals surface area contributed by atoms with E-state index in [-0.39, 0.29) is 0 Å². The molecule has 106 valence electrons. The molecule has 0 aliphatic carbocycles. The lowest BCUT2D eigenvalue weighted by Gasteiger charge is -2.35. The Balaban J connectivity index is 4.58. The molecule has 2 atom stereocenters. The Morgan fingerprint density at radius 1 is 1.22 bits per heavy atom. The van der Waals surface area contributed by atoms with Crippen LogP contribution in [0.3, 0.4) is 0 Å². The van der Waals surface area contributed by atoms with E-state index >= 15 is 0 Å². The van der Waals surface area contributed by atoms with Crippen LogP contribution < -0.4 is 5.32 Å². The fourth-order valence-corrected chi connectivity index (χ4v) is 2.58. The maximum Gasteiger partial charge on any atom is 0.105 e. The van der Waals surface area contributed by atoms with Gasteiger partial charge in [-0.25, -0.2) is 0 Å². The number of rotatable bonds is 8. The van der Waals surface area contributed by atoms with Crippen molar-refractivity contribution >= 4 is 0 Å². The van der Waals surface area contributed by atoms with Crippen LogP contribution in [0.4, 0.5) is 0 Å². The summed E-state index contributed by atoms with van der Waals surface area (Å²) in [5.74, 6) is 0.666. The molecule has 0 aromatic carbocycles. The number of nitrogens with one attached hydrogen (secondary N) is 1. The van der Waals surface area contributed by atoms with E-state index in [0.29, 0.717) is 18.0 Å². The van der Waals surface area contributed by atoms with Gasteiger partial charge in [-0.15, -0.1) is 0 Å². The molecule has 3 nitrogen and oxygen atoms in total. The molecule has 0 aliphatic heterocycles. The van der Waals surface area contributed by atoms with Gasteiger partial charge in [-0.05, 0) is 46.6 Å². The molecule has 0 saturated heterocycles. The van der Waals surface area contributed by atoms with Crippen LogP contribution in [0.15, 0.2) is 0 Å². The largest absolute Gasteiger partial charge is 0.301 e. The highest BCUT2D eigenvalue weighted by molar-refractivity contribution is 5.06. The van der Waals surface area contributed by atoms with Crippen molar-refractivity contribution in [3.8, 4) is 6.07 Å². The van der Waals surface area contributed by atoms with Gasteiger partial charge in [0.15, 0.2) is 0 Å². The van der Waals surface area contributed by atoms with Gasteiger partial charge in [0.25, 0.3) is 0 Å². The first-order chi connectivity index (χ1) is 8.24. The Bertz CT molecular complexity index is 267. The van der Waals surface area contributed by atoms with Gasteiger partial charge < -0.3 is 4.90 Å². The summed E-state index contributed by atoms with van der Waals surface area (Å²) in [6.45, 7) is 17.2. The summed E-state index contributed by atoms with van der Waals surface area (Å²) in [6, 6.07) is 3.19. The van der Waals surface area contributed by atoms with E-state index in [0.717, 1.165) is 19.5 Å². The normalized spacial score (nSPS) is 16.9. The first-order valence-corrected chi connectivity index (χ1v) is 7.17. The number of nitrogens with zero attached hydrogens (tertiary/aromatic N) is 2. The lowest BCUT2D eigenvalue weighted by molar-refractivity contribution is 0.164. The molecule has 0 heterocycles. The smallest absolute Gasteiger partial charge is 0.105 e. The molecule has 0 rings (SSSR count). The fraction of sp³-hybridized carbons (Fsp3) is 0.933. The van der Waals surface area contributed by atoms with Gasteiger partial charge in [0.2, 0.25) is 0 Å². The SMILES string of the molecule is CCN(CC(C)C)C(C)CC(C)(C#N)NC(C)C. The molecule has 1 N–H and O–H groups in total. The van der Waals surface area contributed by atoms with E-state index in [1.165, 1.54) is 0 Å². The summed E-state index contributed by atoms with van der Waals surface area (Å²) >= 11 is 0. The van der Waals surface area contributed by atoms with E-state index in [9.17, 15) is 5.26 Å². The predicted octanol–water partition coefficient (Wildman–Crippen LogP) is 3.02. The van der Waals surface area contributed by atoms with Crippen LogP contribution in [-0.4, -0.2) is 35.6 Å². The molecule has 0 aromatic rings. The average Bonchev–Trinajstić information content (AvgIpc) is 2.24. The monoisotopic (exact) mass is 253 g/mol. The van der Waals surface area contributed by atoms with Crippen molar-refractivity contribution in [2.24, 2.45) is 5.92 Å². The molecule has 0 saturated carbocycles. The first-order valence-electron chi connectivity index (χ1n) is 7.17. The first kappa shape index (κ1) is 17.4. The van der Waals surface area contributed by atoms with Gasteiger partial charge in [-0.1, -0.05) is 20.8 Å². The van der Waals surface area contributed by atoms with Crippen molar-refractivity contribution in [1.82, 2.24) is 10.2 Å². The zero-order chi connectivity index (χ0) is 14.3. The minimum atomic E-state index is -0.433. The maximum atomic E-state index is 9.39. The molecule has 0 spiro atoms. The third-order valence-electron chi connectivity index (χ3n) is 3.19.